The Bertz CT molecular complexity index is 472. The highest BCUT2D eigenvalue weighted by Gasteiger charge is 2.27. The molecule has 1 amide bonds. The summed E-state index contributed by atoms with van der Waals surface area (Å²) in [5.41, 5.74) is 2.00. The summed E-state index contributed by atoms with van der Waals surface area (Å²) in [5.74, 6) is 0.168. The molecule has 0 aliphatic carbocycles. The van der Waals surface area contributed by atoms with E-state index in [4.69, 9.17) is 4.74 Å². The number of benzene rings is 1. The van der Waals surface area contributed by atoms with Gasteiger partial charge in [0, 0.05) is 51.0 Å². The molecule has 21 heavy (non-hydrogen) atoms. The number of carbonyl (C=O) groups is 1. The number of rotatable bonds is 2. The molecular weight excluding hydrogens is 264 g/mol. The maximum Gasteiger partial charge on any atom is 0.253 e. The first kappa shape index (κ1) is 14.5. The molecule has 0 N–H and O–H groups in total. The van der Waals surface area contributed by atoms with E-state index in [2.05, 4.69) is 4.90 Å². The van der Waals surface area contributed by atoms with Crippen LogP contribution in [0.3, 0.4) is 0 Å². The van der Waals surface area contributed by atoms with Gasteiger partial charge in [-0.05, 0) is 31.9 Å². The summed E-state index contributed by atoms with van der Waals surface area (Å²) >= 11 is 0. The number of hydrogen-bond acceptors (Lipinski definition) is 3. The van der Waals surface area contributed by atoms with E-state index in [0.29, 0.717) is 6.04 Å². The SMILES string of the molecule is Cc1ccc(C(=O)N2CCN(C3CCOCC3)CC2)cc1. The van der Waals surface area contributed by atoms with Crippen LogP contribution in [0.2, 0.25) is 0 Å². The predicted molar refractivity (Wildman–Crippen MR) is 82.5 cm³/mol. The maximum atomic E-state index is 12.5. The van der Waals surface area contributed by atoms with Crippen LogP contribution >= 0.6 is 0 Å². The van der Waals surface area contributed by atoms with Crippen LogP contribution in [-0.2, 0) is 4.74 Å². The fourth-order valence-electron chi connectivity index (χ4n) is 3.22. The minimum Gasteiger partial charge on any atom is -0.381 e. The van der Waals surface area contributed by atoms with Crippen LogP contribution in [0.15, 0.2) is 24.3 Å². The first-order valence-electron chi connectivity index (χ1n) is 7.92. The average Bonchev–Trinajstić information content (AvgIpc) is 2.56. The summed E-state index contributed by atoms with van der Waals surface area (Å²) in [6, 6.07) is 8.53. The molecule has 2 aliphatic heterocycles. The number of nitrogens with zero attached hydrogens (tertiary/aromatic N) is 2. The standard InChI is InChI=1S/C17H24N2O2/c1-14-2-4-15(5-3-14)17(20)19-10-8-18(9-11-19)16-6-12-21-13-7-16/h2-5,16H,6-13H2,1H3. The molecule has 0 bridgehead atoms. The topological polar surface area (TPSA) is 32.8 Å². The molecule has 0 unspecified atom stereocenters. The zero-order valence-corrected chi connectivity index (χ0v) is 12.8. The van der Waals surface area contributed by atoms with Gasteiger partial charge >= 0.3 is 0 Å². The second-order valence-electron chi connectivity index (χ2n) is 6.04. The number of piperazine rings is 1. The van der Waals surface area contributed by atoms with Crippen molar-refractivity contribution in [2.24, 2.45) is 0 Å². The fourth-order valence-corrected chi connectivity index (χ4v) is 3.22. The van der Waals surface area contributed by atoms with Gasteiger partial charge in [-0.3, -0.25) is 9.69 Å². The minimum atomic E-state index is 0.168. The lowest BCUT2D eigenvalue weighted by Crippen LogP contribution is -2.53. The molecule has 0 spiro atoms. The smallest absolute Gasteiger partial charge is 0.253 e. The summed E-state index contributed by atoms with van der Waals surface area (Å²) in [6.07, 6.45) is 2.26. The van der Waals surface area contributed by atoms with Gasteiger partial charge < -0.3 is 9.64 Å². The van der Waals surface area contributed by atoms with Crippen LogP contribution in [0.4, 0.5) is 0 Å². The van der Waals surface area contributed by atoms with E-state index in [-0.39, 0.29) is 5.91 Å². The molecule has 2 fully saturated rings. The van der Waals surface area contributed by atoms with Crippen LogP contribution in [0, 0.1) is 6.92 Å². The molecule has 2 saturated heterocycles. The molecule has 4 heteroatoms. The van der Waals surface area contributed by atoms with Crippen LogP contribution in [0.25, 0.3) is 0 Å². The Labute approximate surface area is 126 Å². The molecule has 0 aromatic heterocycles. The van der Waals surface area contributed by atoms with Crippen molar-refractivity contribution in [2.75, 3.05) is 39.4 Å². The van der Waals surface area contributed by atoms with E-state index in [1.165, 1.54) is 5.56 Å². The monoisotopic (exact) mass is 288 g/mol. The van der Waals surface area contributed by atoms with Gasteiger partial charge in [0.2, 0.25) is 0 Å². The van der Waals surface area contributed by atoms with Crippen molar-refractivity contribution in [3.05, 3.63) is 35.4 Å². The molecule has 4 nitrogen and oxygen atoms in total. The van der Waals surface area contributed by atoms with Crippen molar-refractivity contribution in [3.63, 3.8) is 0 Å². The summed E-state index contributed by atoms with van der Waals surface area (Å²) in [5, 5.41) is 0. The van der Waals surface area contributed by atoms with Crippen LogP contribution in [-0.4, -0.2) is 61.1 Å². The average molecular weight is 288 g/mol. The van der Waals surface area contributed by atoms with Crippen molar-refractivity contribution < 1.29 is 9.53 Å². The lowest BCUT2D eigenvalue weighted by Gasteiger charge is -2.40. The van der Waals surface area contributed by atoms with Gasteiger partial charge in [-0.15, -0.1) is 0 Å². The van der Waals surface area contributed by atoms with Gasteiger partial charge in [0.15, 0.2) is 0 Å². The molecule has 114 valence electrons. The first-order valence-corrected chi connectivity index (χ1v) is 7.92. The summed E-state index contributed by atoms with van der Waals surface area (Å²) in [7, 11) is 0. The van der Waals surface area contributed by atoms with E-state index >= 15 is 0 Å². The van der Waals surface area contributed by atoms with Gasteiger partial charge in [0.1, 0.15) is 0 Å². The van der Waals surface area contributed by atoms with Crippen molar-refractivity contribution in [1.82, 2.24) is 9.80 Å². The third-order valence-electron chi connectivity index (χ3n) is 4.61. The lowest BCUT2D eigenvalue weighted by atomic mass is 10.1. The maximum absolute atomic E-state index is 12.5. The molecular formula is C17H24N2O2. The Hall–Kier alpha value is -1.39. The molecule has 1 aromatic rings. The molecule has 3 rings (SSSR count). The fraction of sp³-hybridized carbons (Fsp3) is 0.588. The number of carbonyl (C=O) groups excluding carboxylic acids is 1. The normalized spacial score (nSPS) is 21.5. The van der Waals surface area contributed by atoms with Gasteiger partial charge in [-0.2, -0.15) is 0 Å². The highest BCUT2D eigenvalue weighted by atomic mass is 16.5. The summed E-state index contributed by atoms with van der Waals surface area (Å²) in [6.45, 7) is 7.46. The Kier molecular flexibility index (Phi) is 4.56. The zero-order chi connectivity index (χ0) is 14.7. The third-order valence-corrected chi connectivity index (χ3v) is 4.61. The van der Waals surface area contributed by atoms with E-state index in [0.717, 1.165) is 57.8 Å². The summed E-state index contributed by atoms with van der Waals surface area (Å²) < 4.78 is 5.43. The Morgan fingerprint density at radius 3 is 2.29 bits per heavy atom. The molecule has 2 aliphatic rings. The van der Waals surface area contributed by atoms with Gasteiger partial charge in [0.05, 0.1) is 0 Å². The van der Waals surface area contributed by atoms with Crippen molar-refractivity contribution in [3.8, 4) is 0 Å². The second-order valence-corrected chi connectivity index (χ2v) is 6.04. The molecule has 2 heterocycles. The Morgan fingerprint density at radius 1 is 1.05 bits per heavy atom. The largest absolute Gasteiger partial charge is 0.381 e. The van der Waals surface area contributed by atoms with Crippen LogP contribution < -0.4 is 0 Å². The van der Waals surface area contributed by atoms with E-state index in [1.54, 1.807) is 0 Å². The van der Waals surface area contributed by atoms with Gasteiger partial charge in [0.25, 0.3) is 5.91 Å². The predicted octanol–water partition coefficient (Wildman–Crippen LogP) is 1.93. The van der Waals surface area contributed by atoms with E-state index in [1.807, 2.05) is 36.1 Å². The van der Waals surface area contributed by atoms with Gasteiger partial charge in [-0.1, -0.05) is 17.7 Å². The van der Waals surface area contributed by atoms with Crippen LogP contribution in [0.1, 0.15) is 28.8 Å². The van der Waals surface area contributed by atoms with Crippen molar-refractivity contribution >= 4 is 5.91 Å². The highest BCUT2D eigenvalue weighted by Crippen LogP contribution is 2.17. The highest BCUT2D eigenvalue weighted by molar-refractivity contribution is 5.94. The van der Waals surface area contributed by atoms with E-state index in [9.17, 15) is 4.79 Å². The first-order chi connectivity index (χ1) is 10.2. The van der Waals surface area contributed by atoms with E-state index < -0.39 is 0 Å². The lowest BCUT2D eigenvalue weighted by molar-refractivity contribution is 0.0137. The van der Waals surface area contributed by atoms with Crippen LogP contribution in [0.5, 0.6) is 0 Å². The Balaban J connectivity index is 1.55. The quantitative estimate of drug-likeness (QED) is 0.833. The molecule has 0 saturated carbocycles. The number of aryl methyl sites for hydroxylation is 1. The third kappa shape index (κ3) is 3.44. The van der Waals surface area contributed by atoms with Crippen molar-refractivity contribution in [1.29, 1.82) is 0 Å². The minimum absolute atomic E-state index is 0.168. The zero-order valence-electron chi connectivity index (χ0n) is 12.8. The Morgan fingerprint density at radius 2 is 1.67 bits per heavy atom. The molecule has 1 aromatic carbocycles. The molecule has 0 radical (unpaired) electrons. The number of amides is 1. The molecule has 0 atom stereocenters. The van der Waals surface area contributed by atoms with Crippen molar-refractivity contribution in [2.45, 2.75) is 25.8 Å². The number of hydrogen-bond donors (Lipinski definition) is 0. The van der Waals surface area contributed by atoms with Gasteiger partial charge in [-0.25, -0.2) is 0 Å². The summed E-state index contributed by atoms with van der Waals surface area (Å²) in [4.78, 5) is 17.0. The second kappa shape index (κ2) is 6.58. The number of ether oxygens (including phenoxy) is 1.